The van der Waals surface area contributed by atoms with Crippen LogP contribution in [0, 0.1) is 5.92 Å². The van der Waals surface area contributed by atoms with Crippen molar-refractivity contribution in [3.05, 3.63) is 58.3 Å². The minimum atomic E-state index is -0.733. The fraction of sp³-hybridized carbons (Fsp3) is 0.286. The summed E-state index contributed by atoms with van der Waals surface area (Å²) in [5.41, 5.74) is 2.40. The number of hydrogen-bond donors (Lipinski definition) is 2. The molecule has 0 saturated carbocycles. The van der Waals surface area contributed by atoms with Gasteiger partial charge in [-0.05, 0) is 43.2 Å². The van der Waals surface area contributed by atoms with E-state index in [4.69, 9.17) is 23.2 Å². The van der Waals surface area contributed by atoms with E-state index in [2.05, 4.69) is 15.3 Å². The van der Waals surface area contributed by atoms with Crippen LogP contribution in [0.1, 0.15) is 31.6 Å². The lowest BCUT2D eigenvalue weighted by Gasteiger charge is -2.19. The zero-order valence-corrected chi connectivity index (χ0v) is 17.3. The number of nitrogens with zero attached hydrogens (tertiary/aromatic N) is 2. The summed E-state index contributed by atoms with van der Waals surface area (Å²) in [5, 5.41) is 3.78. The molecule has 2 amide bonds. The summed E-state index contributed by atoms with van der Waals surface area (Å²) < 4.78 is 0. The molecule has 4 rings (SSSR count). The normalized spacial score (nSPS) is 17.7. The number of para-hydroxylation sites is 2. The summed E-state index contributed by atoms with van der Waals surface area (Å²) in [7, 11) is 0. The summed E-state index contributed by atoms with van der Waals surface area (Å²) in [5.74, 6) is -0.568. The highest BCUT2D eigenvalue weighted by molar-refractivity contribution is 6.42. The predicted molar refractivity (Wildman–Crippen MR) is 114 cm³/mol. The van der Waals surface area contributed by atoms with Gasteiger partial charge in [0.05, 0.1) is 27.1 Å². The van der Waals surface area contributed by atoms with Crippen LogP contribution in [0.25, 0.3) is 11.0 Å². The molecule has 1 aliphatic rings. The fourth-order valence-electron chi connectivity index (χ4n) is 3.61. The van der Waals surface area contributed by atoms with Gasteiger partial charge in [-0.25, -0.2) is 4.98 Å². The molecule has 2 N–H and O–H groups in total. The summed E-state index contributed by atoms with van der Waals surface area (Å²) in [6, 6.07) is 12.4. The monoisotopic (exact) mass is 430 g/mol. The molecule has 3 aromatic rings. The predicted octanol–water partition coefficient (Wildman–Crippen LogP) is 4.49. The SMILES string of the molecule is CCC(NC(=O)C1CCN(c2ccc(Cl)c(Cl)c2)C1=O)c1nc2ccccc2[nH]1. The van der Waals surface area contributed by atoms with E-state index >= 15 is 0 Å². The van der Waals surface area contributed by atoms with E-state index in [1.807, 2.05) is 31.2 Å². The molecule has 1 aliphatic heterocycles. The van der Waals surface area contributed by atoms with E-state index in [9.17, 15) is 9.59 Å². The minimum absolute atomic E-state index is 0.236. The number of carbonyl (C=O) groups is 2. The molecule has 1 fully saturated rings. The molecule has 0 spiro atoms. The Hall–Kier alpha value is -2.57. The summed E-state index contributed by atoms with van der Waals surface area (Å²) in [6.45, 7) is 2.42. The summed E-state index contributed by atoms with van der Waals surface area (Å²) in [4.78, 5) is 35.1. The molecule has 0 bridgehead atoms. The maximum absolute atomic E-state index is 12.9. The number of imidazole rings is 1. The van der Waals surface area contributed by atoms with Crippen LogP contribution in [0.2, 0.25) is 10.0 Å². The zero-order valence-electron chi connectivity index (χ0n) is 15.8. The Morgan fingerprint density at radius 2 is 2.07 bits per heavy atom. The van der Waals surface area contributed by atoms with Gasteiger partial charge < -0.3 is 15.2 Å². The maximum atomic E-state index is 12.9. The Labute approximate surface area is 178 Å². The van der Waals surface area contributed by atoms with Crippen molar-refractivity contribution in [3.63, 3.8) is 0 Å². The van der Waals surface area contributed by atoms with Gasteiger partial charge in [-0.2, -0.15) is 0 Å². The molecule has 2 atom stereocenters. The molecule has 29 heavy (non-hydrogen) atoms. The second-order valence-corrected chi connectivity index (χ2v) is 7.85. The average molecular weight is 431 g/mol. The van der Waals surface area contributed by atoms with Gasteiger partial charge in [0.25, 0.3) is 0 Å². The molecular weight excluding hydrogens is 411 g/mol. The van der Waals surface area contributed by atoms with E-state index in [0.29, 0.717) is 40.9 Å². The molecule has 8 heteroatoms. The van der Waals surface area contributed by atoms with Crippen LogP contribution in [0.4, 0.5) is 5.69 Å². The van der Waals surface area contributed by atoms with Crippen molar-refractivity contribution in [3.8, 4) is 0 Å². The molecular formula is C21H20Cl2N4O2. The Morgan fingerprint density at radius 3 is 2.79 bits per heavy atom. The van der Waals surface area contributed by atoms with Gasteiger partial charge >= 0.3 is 0 Å². The minimum Gasteiger partial charge on any atom is -0.345 e. The average Bonchev–Trinajstić information content (AvgIpc) is 3.31. The quantitative estimate of drug-likeness (QED) is 0.585. The zero-order chi connectivity index (χ0) is 20.5. The Morgan fingerprint density at radius 1 is 1.28 bits per heavy atom. The second-order valence-electron chi connectivity index (χ2n) is 7.04. The summed E-state index contributed by atoms with van der Waals surface area (Å²) in [6.07, 6.45) is 1.10. The highest BCUT2D eigenvalue weighted by Crippen LogP contribution is 2.31. The number of H-pyrrole nitrogens is 1. The van der Waals surface area contributed by atoms with Gasteiger partial charge in [0.15, 0.2) is 0 Å². The van der Waals surface area contributed by atoms with Gasteiger partial charge in [0, 0.05) is 12.2 Å². The molecule has 2 heterocycles. The van der Waals surface area contributed by atoms with Crippen LogP contribution >= 0.6 is 23.2 Å². The van der Waals surface area contributed by atoms with Gasteiger partial charge in [0.1, 0.15) is 11.7 Å². The van der Waals surface area contributed by atoms with Crippen LogP contribution in [0.3, 0.4) is 0 Å². The number of aromatic nitrogens is 2. The molecule has 0 radical (unpaired) electrons. The molecule has 0 aliphatic carbocycles. The molecule has 2 unspecified atom stereocenters. The largest absolute Gasteiger partial charge is 0.345 e. The first-order valence-corrected chi connectivity index (χ1v) is 10.2. The number of halogens is 2. The standard InChI is InChI=1S/C21H20Cl2N4O2/c1-2-16(19-24-17-5-3-4-6-18(17)25-19)26-20(28)13-9-10-27(21(13)29)12-7-8-14(22)15(23)11-12/h3-8,11,13,16H,2,9-10H2,1H3,(H,24,25)(H,26,28). The number of hydrogen-bond acceptors (Lipinski definition) is 3. The van der Waals surface area contributed by atoms with Crippen LogP contribution < -0.4 is 10.2 Å². The number of aromatic amines is 1. The number of benzene rings is 2. The first-order valence-electron chi connectivity index (χ1n) is 9.49. The second kappa shape index (κ2) is 8.05. The molecule has 1 aromatic heterocycles. The van der Waals surface area contributed by atoms with Crippen LogP contribution in [0.15, 0.2) is 42.5 Å². The molecule has 2 aromatic carbocycles. The van der Waals surface area contributed by atoms with E-state index in [-0.39, 0.29) is 17.9 Å². The Kier molecular flexibility index (Phi) is 5.48. The van der Waals surface area contributed by atoms with Gasteiger partial charge in [0.2, 0.25) is 11.8 Å². The molecule has 150 valence electrons. The van der Waals surface area contributed by atoms with Crippen molar-refractivity contribution in [2.24, 2.45) is 5.92 Å². The third-order valence-corrected chi connectivity index (χ3v) is 5.94. The van der Waals surface area contributed by atoms with Gasteiger partial charge in [-0.15, -0.1) is 0 Å². The Balaban J connectivity index is 1.48. The molecule has 6 nitrogen and oxygen atoms in total. The lowest BCUT2D eigenvalue weighted by molar-refractivity contribution is -0.132. The fourth-order valence-corrected chi connectivity index (χ4v) is 3.90. The molecule has 1 saturated heterocycles. The van der Waals surface area contributed by atoms with Crippen molar-refractivity contribution < 1.29 is 9.59 Å². The third-order valence-electron chi connectivity index (χ3n) is 5.20. The Bertz CT molecular complexity index is 1050. The van der Waals surface area contributed by atoms with Crippen molar-refractivity contribution >= 4 is 51.7 Å². The topological polar surface area (TPSA) is 78.1 Å². The van der Waals surface area contributed by atoms with E-state index in [0.717, 1.165) is 11.0 Å². The van der Waals surface area contributed by atoms with Crippen LogP contribution in [-0.2, 0) is 9.59 Å². The summed E-state index contributed by atoms with van der Waals surface area (Å²) >= 11 is 12.0. The smallest absolute Gasteiger partial charge is 0.239 e. The van der Waals surface area contributed by atoms with Crippen molar-refractivity contribution in [2.45, 2.75) is 25.8 Å². The van der Waals surface area contributed by atoms with E-state index in [1.165, 1.54) is 0 Å². The number of rotatable bonds is 5. The van der Waals surface area contributed by atoms with Crippen molar-refractivity contribution in [1.29, 1.82) is 0 Å². The lowest BCUT2D eigenvalue weighted by atomic mass is 10.1. The van der Waals surface area contributed by atoms with E-state index in [1.54, 1.807) is 23.1 Å². The number of anilines is 1. The van der Waals surface area contributed by atoms with Crippen molar-refractivity contribution in [1.82, 2.24) is 15.3 Å². The number of fused-ring (bicyclic) bond motifs is 1. The lowest BCUT2D eigenvalue weighted by Crippen LogP contribution is -2.38. The van der Waals surface area contributed by atoms with Gasteiger partial charge in [-0.1, -0.05) is 42.3 Å². The number of carbonyl (C=O) groups excluding carboxylic acids is 2. The first-order chi connectivity index (χ1) is 14.0. The number of amides is 2. The highest BCUT2D eigenvalue weighted by atomic mass is 35.5. The highest BCUT2D eigenvalue weighted by Gasteiger charge is 2.38. The third kappa shape index (κ3) is 3.82. The van der Waals surface area contributed by atoms with Crippen LogP contribution in [-0.4, -0.2) is 28.3 Å². The van der Waals surface area contributed by atoms with E-state index < -0.39 is 5.92 Å². The maximum Gasteiger partial charge on any atom is 0.239 e. The first kappa shape index (κ1) is 19.7. The van der Waals surface area contributed by atoms with Crippen molar-refractivity contribution in [2.75, 3.05) is 11.4 Å². The van der Waals surface area contributed by atoms with Crippen LogP contribution in [0.5, 0.6) is 0 Å². The number of nitrogens with one attached hydrogen (secondary N) is 2. The van der Waals surface area contributed by atoms with Gasteiger partial charge in [-0.3, -0.25) is 9.59 Å².